The van der Waals surface area contributed by atoms with Gasteiger partial charge in [-0.1, -0.05) is 43.9 Å². The number of nitrogens with zero attached hydrogens (tertiary/aromatic N) is 3. The van der Waals surface area contributed by atoms with Crippen molar-refractivity contribution in [2.24, 2.45) is 5.92 Å². The lowest BCUT2D eigenvalue weighted by molar-refractivity contribution is -0.00629. The Morgan fingerprint density at radius 2 is 2.00 bits per heavy atom. The van der Waals surface area contributed by atoms with Crippen LogP contribution in [0.25, 0.3) is 0 Å². The number of nitriles is 1. The number of benzene rings is 1. The molecule has 1 aliphatic heterocycles. The van der Waals surface area contributed by atoms with Gasteiger partial charge < -0.3 is 10.0 Å². The van der Waals surface area contributed by atoms with E-state index in [-0.39, 0.29) is 24.1 Å². The summed E-state index contributed by atoms with van der Waals surface area (Å²) in [4.78, 5) is 18.2. The van der Waals surface area contributed by atoms with Gasteiger partial charge in [0.15, 0.2) is 0 Å². The third kappa shape index (κ3) is 3.69. The summed E-state index contributed by atoms with van der Waals surface area (Å²) in [5, 5.41) is 19.5. The first kappa shape index (κ1) is 18.6. The highest BCUT2D eigenvalue weighted by atomic mass is 16.3. The van der Waals surface area contributed by atoms with Gasteiger partial charge in [0, 0.05) is 23.6 Å². The molecule has 3 rings (SSSR count). The normalized spacial score (nSPS) is 21.0. The Labute approximate surface area is 159 Å². The number of aliphatic hydroxyl groups is 1. The highest BCUT2D eigenvalue weighted by Gasteiger charge is 2.52. The second-order valence-electron chi connectivity index (χ2n) is 6.82. The monoisotopic (exact) mass is 359 g/mol. The second-order valence-corrected chi connectivity index (χ2v) is 6.82. The molecule has 1 N–H and O–H groups in total. The zero-order valence-electron chi connectivity index (χ0n) is 15.3. The molecule has 0 bridgehead atoms. The number of hydrogen-bond acceptors (Lipinski definition) is 4. The van der Waals surface area contributed by atoms with Crippen LogP contribution in [0.1, 0.15) is 41.4 Å². The largest absolute Gasteiger partial charge is 0.394 e. The van der Waals surface area contributed by atoms with E-state index in [2.05, 4.69) is 22.9 Å². The molecule has 0 aliphatic carbocycles. The summed E-state index contributed by atoms with van der Waals surface area (Å²) in [5.41, 5.74) is 2.09. The number of pyridine rings is 1. The zero-order chi connectivity index (χ0) is 19.4. The van der Waals surface area contributed by atoms with E-state index in [1.54, 1.807) is 18.2 Å². The number of rotatable bonds is 3. The molecule has 5 heteroatoms. The number of aliphatic hydroxyl groups excluding tert-OH is 1. The molecule has 2 heterocycles. The molecule has 1 aromatic heterocycles. The number of aromatic nitrogens is 1. The van der Waals surface area contributed by atoms with Gasteiger partial charge in [0.1, 0.15) is 11.7 Å². The highest BCUT2D eigenvalue weighted by molar-refractivity contribution is 5.94. The Balaban J connectivity index is 1.84. The van der Waals surface area contributed by atoms with Crippen LogP contribution in [0, 0.1) is 29.1 Å². The maximum atomic E-state index is 12.7. The first-order valence-corrected chi connectivity index (χ1v) is 8.92. The second kappa shape index (κ2) is 8.03. The van der Waals surface area contributed by atoms with Crippen LogP contribution in [0.2, 0.25) is 0 Å². The van der Waals surface area contributed by atoms with E-state index in [1.807, 2.05) is 38.1 Å². The zero-order valence-corrected chi connectivity index (χ0v) is 15.3. The third-order valence-corrected chi connectivity index (χ3v) is 4.65. The summed E-state index contributed by atoms with van der Waals surface area (Å²) >= 11 is 0. The molecule has 2 aromatic rings. The molecule has 27 heavy (non-hydrogen) atoms. The number of carbonyl (C=O) groups excluding carboxylic acids is 1. The quantitative estimate of drug-likeness (QED) is 0.855. The van der Waals surface area contributed by atoms with Gasteiger partial charge >= 0.3 is 0 Å². The average molecular weight is 359 g/mol. The first-order chi connectivity index (χ1) is 13.1. The molecular formula is C22H21N3O2. The van der Waals surface area contributed by atoms with Gasteiger partial charge in [-0.25, -0.2) is 0 Å². The molecule has 136 valence electrons. The fraction of sp³-hybridized carbons (Fsp3) is 0.318. The highest BCUT2D eigenvalue weighted by Crippen LogP contribution is 2.41. The van der Waals surface area contributed by atoms with Gasteiger partial charge in [-0.3, -0.25) is 9.78 Å². The number of likely N-dealkylation sites (tertiary alicyclic amines) is 1. The van der Waals surface area contributed by atoms with Gasteiger partial charge in [-0.05, 0) is 29.8 Å². The number of hydrogen-bond donors (Lipinski definition) is 1. The smallest absolute Gasteiger partial charge is 0.273 e. The molecule has 0 radical (unpaired) electrons. The average Bonchev–Trinajstić information content (AvgIpc) is 2.67. The van der Waals surface area contributed by atoms with Crippen molar-refractivity contribution in [2.75, 3.05) is 6.61 Å². The lowest BCUT2D eigenvalue weighted by Crippen LogP contribution is -2.65. The third-order valence-electron chi connectivity index (χ3n) is 4.65. The van der Waals surface area contributed by atoms with Crippen molar-refractivity contribution in [2.45, 2.75) is 31.8 Å². The summed E-state index contributed by atoms with van der Waals surface area (Å²) in [6.45, 7) is 3.86. The topological polar surface area (TPSA) is 77.2 Å². The van der Waals surface area contributed by atoms with Crippen molar-refractivity contribution >= 4 is 5.91 Å². The van der Waals surface area contributed by atoms with Gasteiger partial charge in [0.2, 0.25) is 0 Å². The summed E-state index contributed by atoms with van der Waals surface area (Å²) in [7, 11) is 0. The van der Waals surface area contributed by atoms with Crippen LogP contribution in [0.15, 0.2) is 48.7 Å². The Morgan fingerprint density at radius 3 is 2.56 bits per heavy atom. The predicted octanol–water partition coefficient (Wildman–Crippen LogP) is 2.58. The van der Waals surface area contributed by atoms with Gasteiger partial charge in [-0.15, -0.1) is 0 Å². The molecule has 1 saturated heterocycles. The molecule has 0 unspecified atom stereocenters. The summed E-state index contributed by atoms with van der Waals surface area (Å²) < 4.78 is 0. The standard InChI is InChI=1S/C22H21N3O2/c1-15(2)6-7-16-8-10-17(11-9-16)21-19(13-23)25(20(21)14-26)22(27)18-5-3-4-12-24-18/h3-5,8-12,15,19-21,26H,14H2,1-2H3/t19-,20-,21-/m0/s1. The van der Waals surface area contributed by atoms with Crippen molar-refractivity contribution in [1.29, 1.82) is 5.26 Å². The van der Waals surface area contributed by atoms with E-state index in [0.29, 0.717) is 5.92 Å². The van der Waals surface area contributed by atoms with Gasteiger partial charge in [-0.2, -0.15) is 5.26 Å². The molecule has 0 saturated carbocycles. The van der Waals surface area contributed by atoms with Crippen molar-refractivity contribution in [3.8, 4) is 17.9 Å². The van der Waals surface area contributed by atoms with Crippen LogP contribution in [0.4, 0.5) is 0 Å². The first-order valence-electron chi connectivity index (χ1n) is 8.92. The molecule has 0 spiro atoms. The van der Waals surface area contributed by atoms with Crippen molar-refractivity contribution in [3.05, 3.63) is 65.5 Å². The Hall–Kier alpha value is -3.15. The summed E-state index contributed by atoms with van der Waals surface area (Å²) in [5.74, 6) is 5.95. The van der Waals surface area contributed by atoms with Gasteiger partial charge in [0.25, 0.3) is 5.91 Å². The van der Waals surface area contributed by atoms with Crippen LogP contribution in [-0.4, -0.2) is 39.6 Å². The van der Waals surface area contributed by atoms with Crippen LogP contribution < -0.4 is 0 Å². The fourth-order valence-corrected chi connectivity index (χ4v) is 3.32. The Morgan fingerprint density at radius 1 is 1.26 bits per heavy atom. The molecule has 1 fully saturated rings. The number of amides is 1. The van der Waals surface area contributed by atoms with E-state index >= 15 is 0 Å². The minimum Gasteiger partial charge on any atom is -0.394 e. The van der Waals surface area contributed by atoms with E-state index < -0.39 is 12.1 Å². The molecule has 5 nitrogen and oxygen atoms in total. The van der Waals surface area contributed by atoms with E-state index in [1.165, 1.54) is 11.1 Å². The summed E-state index contributed by atoms with van der Waals surface area (Å²) in [6, 6.07) is 13.9. The maximum absolute atomic E-state index is 12.7. The van der Waals surface area contributed by atoms with E-state index in [0.717, 1.165) is 11.1 Å². The minimum absolute atomic E-state index is 0.212. The van der Waals surface area contributed by atoms with Crippen LogP contribution in [0.3, 0.4) is 0 Å². The van der Waals surface area contributed by atoms with Crippen LogP contribution >= 0.6 is 0 Å². The van der Waals surface area contributed by atoms with Crippen molar-refractivity contribution in [3.63, 3.8) is 0 Å². The lowest BCUT2D eigenvalue weighted by atomic mass is 9.75. The van der Waals surface area contributed by atoms with E-state index in [4.69, 9.17) is 0 Å². The van der Waals surface area contributed by atoms with Crippen molar-refractivity contribution < 1.29 is 9.90 Å². The Bertz CT molecular complexity index is 905. The van der Waals surface area contributed by atoms with Crippen LogP contribution in [-0.2, 0) is 0 Å². The van der Waals surface area contributed by atoms with Gasteiger partial charge in [0.05, 0.1) is 18.7 Å². The number of carbonyl (C=O) groups is 1. The predicted molar refractivity (Wildman–Crippen MR) is 102 cm³/mol. The van der Waals surface area contributed by atoms with E-state index in [9.17, 15) is 15.2 Å². The van der Waals surface area contributed by atoms with Crippen LogP contribution in [0.5, 0.6) is 0 Å². The lowest BCUT2D eigenvalue weighted by Gasteiger charge is -2.51. The maximum Gasteiger partial charge on any atom is 0.273 e. The molecule has 1 aliphatic rings. The minimum atomic E-state index is -0.635. The van der Waals surface area contributed by atoms with Crippen molar-refractivity contribution in [1.82, 2.24) is 9.88 Å². The molecular weight excluding hydrogens is 338 g/mol. The molecule has 3 atom stereocenters. The molecule has 1 aromatic carbocycles. The fourth-order valence-electron chi connectivity index (χ4n) is 3.32. The summed E-state index contributed by atoms with van der Waals surface area (Å²) in [6.07, 6.45) is 1.54. The Kier molecular flexibility index (Phi) is 5.54. The molecule has 1 amide bonds. The SMILES string of the molecule is CC(C)C#Cc1ccc([C@H]2[C@H](C#N)N(C(=O)c3ccccn3)[C@H]2CO)cc1.